The van der Waals surface area contributed by atoms with Crippen molar-refractivity contribution in [2.75, 3.05) is 0 Å². The van der Waals surface area contributed by atoms with Gasteiger partial charge in [-0.15, -0.1) is 0 Å². The Labute approximate surface area is 131 Å². The van der Waals surface area contributed by atoms with Crippen LogP contribution in [0.1, 0.15) is 23.0 Å². The Hall–Kier alpha value is -3.22. The normalized spacial score (nSPS) is 11.5. The molecule has 0 saturated heterocycles. The quantitative estimate of drug-likeness (QED) is 0.574. The van der Waals surface area contributed by atoms with Crippen molar-refractivity contribution in [1.82, 2.24) is 15.6 Å². The maximum absolute atomic E-state index is 12.9. The minimum Gasteiger partial charge on any atom is -0.463 e. The molecule has 3 aromatic rings. The lowest BCUT2D eigenvalue weighted by Crippen LogP contribution is -2.19. The Morgan fingerprint density at radius 3 is 2.78 bits per heavy atom. The van der Waals surface area contributed by atoms with Crippen LogP contribution in [-0.2, 0) is 0 Å². The van der Waals surface area contributed by atoms with Crippen molar-refractivity contribution in [2.45, 2.75) is 6.92 Å². The van der Waals surface area contributed by atoms with Gasteiger partial charge in [-0.1, -0.05) is 12.1 Å². The molecule has 0 fully saturated rings. The van der Waals surface area contributed by atoms with E-state index in [2.05, 4.69) is 20.7 Å². The van der Waals surface area contributed by atoms with E-state index >= 15 is 0 Å². The van der Waals surface area contributed by atoms with E-state index < -0.39 is 5.91 Å². The molecule has 23 heavy (non-hydrogen) atoms. The average molecular weight is 312 g/mol. The number of hydrogen-bond donors (Lipinski definition) is 2. The number of benzene rings is 1. The molecular weight excluding hydrogens is 299 g/mol. The Balaban J connectivity index is 1.69. The lowest BCUT2D eigenvalue weighted by molar-refractivity contribution is 0.0950. The highest BCUT2D eigenvalue weighted by atomic mass is 19.1. The van der Waals surface area contributed by atoms with Gasteiger partial charge in [-0.05, 0) is 36.8 Å². The predicted molar refractivity (Wildman–Crippen MR) is 82.4 cm³/mol. The van der Waals surface area contributed by atoms with E-state index in [-0.39, 0.29) is 11.5 Å². The molecule has 2 aromatic heterocycles. The first-order valence-electron chi connectivity index (χ1n) is 6.83. The molecule has 6 nitrogen and oxygen atoms in total. The Bertz CT molecular complexity index is 835. The van der Waals surface area contributed by atoms with Crippen LogP contribution in [-0.4, -0.2) is 21.8 Å². The summed E-state index contributed by atoms with van der Waals surface area (Å²) in [4.78, 5) is 12.0. The number of nitrogens with one attached hydrogen (secondary N) is 2. The van der Waals surface area contributed by atoms with Crippen molar-refractivity contribution < 1.29 is 13.6 Å². The minimum atomic E-state index is -0.458. The Morgan fingerprint density at radius 1 is 1.30 bits per heavy atom. The highest BCUT2D eigenvalue weighted by Crippen LogP contribution is 2.17. The first-order valence-corrected chi connectivity index (χ1v) is 6.83. The molecule has 0 aliphatic rings. The minimum absolute atomic E-state index is 0.187. The summed E-state index contributed by atoms with van der Waals surface area (Å²) >= 11 is 0. The fraction of sp³-hybridized carbons (Fsp3) is 0.0625. The number of carbonyl (C=O) groups is 1. The number of rotatable bonds is 4. The van der Waals surface area contributed by atoms with Gasteiger partial charge in [0.05, 0.1) is 12.0 Å². The molecule has 2 N–H and O–H groups in total. The average Bonchev–Trinajstić information content (AvgIpc) is 3.23. The summed E-state index contributed by atoms with van der Waals surface area (Å²) in [7, 11) is 0. The first-order chi connectivity index (χ1) is 11.1. The molecule has 0 unspecified atom stereocenters. The highest BCUT2D eigenvalue weighted by Gasteiger charge is 2.12. The van der Waals surface area contributed by atoms with Crippen LogP contribution in [0, 0.1) is 5.82 Å². The number of amides is 1. The van der Waals surface area contributed by atoms with Crippen molar-refractivity contribution >= 4 is 11.6 Å². The molecule has 1 amide bonds. The summed E-state index contributed by atoms with van der Waals surface area (Å²) in [5.41, 5.74) is 4.46. The molecule has 3 rings (SSSR count). The second-order valence-electron chi connectivity index (χ2n) is 4.79. The maximum Gasteiger partial charge on any atom is 0.291 e. The number of aromatic nitrogens is 2. The van der Waals surface area contributed by atoms with E-state index in [1.165, 1.54) is 18.4 Å². The van der Waals surface area contributed by atoms with Crippen LogP contribution >= 0.6 is 0 Å². The lowest BCUT2D eigenvalue weighted by atomic mass is 10.1. The van der Waals surface area contributed by atoms with Crippen molar-refractivity contribution in [3.63, 3.8) is 0 Å². The van der Waals surface area contributed by atoms with Gasteiger partial charge in [0.15, 0.2) is 11.5 Å². The van der Waals surface area contributed by atoms with Crippen molar-refractivity contribution in [3.05, 3.63) is 65.8 Å². The van der Waals surface area contributed by atoms with Gasteiger partial charge in [-0.2, -0.15) is 10.2 Å². The van der Waals surface area contributed by atoms with Crippen LogP contribution in [0.4, 0.5) is 4.39 Å². The van der Waals surface area contributed by atoms with Gasteiger partial charge in [-0.3, -0.25) is 9.89 Å². The number of furan rings is 1. The van der Waals surface area contributed by atoms with E-state index in [0.29, 0.717) is 22.7 Å². The monoisotopic (exact) mass is 312 g/mol. The van der Waals surface area contributed by atoms with Gasteiger partial charge in [-0.25, -0.2) is 9.82 Å². The van der Waals surface area contributed by atoms with Crippen molar-refractivity contribution in [3.8, 4) is 11.5 Å². The predicted octanol–water partition coefficient (Wildman–Crippen LogP) is 2.96. The number of hydrogen-bond acceptors (Lipinski definition) is 4. The fourth-order valence-electron chi connectivity index (χ4n) is 1.94. The molecule has 1 aromatic carbocycles. The van der Waals surface area contributed by atoms with Crippen molar-refractivity contribution in [1.29, 1.82) is 0 Å². The summed E-state index contributed by atoms with van der Waals surface area (Å²) in [6, 6.07) is 10.9. The number of H-pyrrole nitrogens is 1. The third kappa shape index (κ3) is 3.34. The van der Waals surface area contributed by atoms with Crippen molar-refractivity contribution in [2.24, 2.45) is 5.10 Å². The van der Waals surface area contributed by atoms with Crippen LogP contribution in [0.2, 0.25) is 0 Å². The Kier molecular flexibility index (Phi) is 4.01. The topological polar surface area (TPSA) is 83.3 Å². The van der Waals surface area contributed by atoms with Gasteiger partial charge in [0.25, 0.3) is 5.91 Å². The van der Waals surface area contributed by atoms with Gasteiger partial charge in [0, 0.05) is 6.07 Å². The van der Waals surface area contributed by atoms with E-state index in [9.17, 15) is 9.18 Å². The second-order valence-corrected chi connectivity index (χ2v) is 4.79. The largest absolute Gasteiger partial charge is 0.463 e. The molecule has 0 radical (unpaired) electrons. The molecular formula is C16H13FN4O2. The summed E-state index contributed by atoms with van der Waals surface area (Å²) in [6.45, 7) is 1.71. The zero-order valence-corrected chi connectivity index (χ0v) is 12.2. The van der Waals surface area contributed by atoms with Gasteiger partial charge in [0.1, 0.15) is 11.5 Å². The molecule has 0 aliphatic heterocycles. The third-order valence-electron chi connectivity index (χ3n) is 3.18. The zero-order chi connectivity index (χ0) is 16.2. The summed E-state index contributed by atoms with van der Waals surface area (Å²) in [5, 5.41) is 10.6. The first kappa shape index (κ1) is 14.7. The van der Waals surface area contributed by atoms with E-state index in [0.717, 1.165) is 0 Å². The van der Waals surface area contributed by atoms with Gasteiger partial charge in [0.2, 0.25) is 0 Å². The second kappa shape index (κ2) is 6.27. The highest BCUT2D eigenvalue weighted by molar-refractivity contribution is 6.00. The molecule has 0 saturated carbocycles. The standard InChI is InChI=1S/C16H13FN4O2/c1-10(11-4-6-12(17)7-5-11)18-21-16(22)14-9-13(19-20-14)15-3-2-8-23-15/h2-9H,1H3,(H,19,20)(H,21,22). The third-order valence-corrected chi connectivity index (χ3v) is 3.18. The van der Waals surface area contributed by atoms with Crippen LogP contribution < -0.4 is 5.43 Å². The van der Waals surface area contributed by atoms with E-state index in [1.807, 2.05) is 0 Å². The summed E-state index contributed by atoms with van der Waals surface area (Å²) < 4.78 is 18.1. The molecule has 0 spiro atoms. The van der Waals surface area contributed by atoms with Gasteiger partial charge < -0.3 is 4.42 Å². The molecule has 0 bridgehead atoms. The van der Waals surface area contributed by atoms with Crippen LogP contribution in [0.5, 0.6) is 0 Å². The van der Waals surface area contributed by atoms with Crippen LogP contribution in [0.15, 0.2) is 58.2 Å². The number of hydrazone groups is 1. The molecule has 2 heterocycles. The number of halogens is 1. The fourth-order valence-corrected chi connectivity index (χ4v) is 1.94. The van der Waals surface area contributed by atoms with Crippen LogP contribution in [0.3, 0.4) is 0 Å². The molecule has 7 heteroatoms. The molecule has 0 aliphatic carbocycles. The number of carbonyl (C=O) groups excluding carboxylic acids is 1. The lowest BCUT2D eigenvalue weighted by Gasteiger charge is -2.01. The SMILES string of the molecule is CC(=NNC(=O)c1cc(-c2ccco2)[nH]n1)c1ccc(F)cc1. The van der Waals surface area contributed by atoms with E-state index in [1.54, 1.807) is 37.3 Å². The maximum atomic E-state index is 12.9. The smallest absolute Gasteiger partial charge is 0.291 e. The van der Waals surface area contributed by atoms with Gasteiger partial charge >= 0.3 is 0 Å². The Morgan fingerprint density at radius 2 is 2.09 bits per heavy atom. The summed E-state index contributed by atoms with van der Waals surface area (Å²) in [6.07, 6.45) is 1.53. The van der Waals surface area contributed by atoms with E-state index in [4.69, 9.17) is 4.42 Å². The number of aromatic amines is 1. The summed E-state index contributed by atoms with van der Waals surface area (Å²) in [5.74, 6) is -0.198. The zero-order valence-electron chi connectivity index (χ0n) is 12.2. The van der Waals surface area contributed by atoms with Crippen LogP contribution in [0.25, 0.3) is 11.5 Å². The number of nitrogens with zero attached hydrogens (tertiary/aromatic N) is 2. The molecule has 116 valence electrons. The molecule has 0 atom stereocenters.